The van der Waals surface area contributed by atoms with Crippen LogP contribution in [-0.2, 0) is 0 Å². The molecular formula is C11H17BrN2O. The van der Waals surface area contributed by atoms with Crippen LogP contribution in [0.15, 0.2) is 22.8 Å². The number of aliphatic hydroxyl groups is 1. The maximum absolute atomic E-state index is 9.41. The van der Waals surface area contributed by atoms with Crippen molar-refractivity contribution in [1.82, 2.24) is 4.98 Å². The van der Waals surface area contributed by atoms with Gasteiger partial charge in [-0.15, -0.1) is 0 Å². The van der Waals surface area contributed by atoms with E-state index in [1.54, 1.807) is 0 Å². The number of pyridine rings is 1. The molecule has 0 aliphatic heterocycles. The third-order valence-corrected chi connectivity index (χ3v) is 3.21. The molecule has 0 saturated carbocycles. The van der Waals surface area contributed by atoms with E-state index in [0.29, 0.717) is 0 Å². The predicted molar refractivity (Wildman–Crippen MR) is 66.0 cm³/mol. The summed E-state index contributed by atoms with van der Waals surface area (Å²) in [5.41, 5.74) is -0.256. The number of rotatable bonds is 5. The van der Waals surface area contributed by atoms with Gasteiger partial charge in [-0.3, -0.25) is 0 Å². The molecule has 1 rings (SSSR count). The van der Waals surface area contributed by atoms with Crippen LogP contribution < -0.4 is 5.32 Å². The predicted octanol–water partition coefficient (Wildman–Crippen LogP) is 2.81. The van der Waals surface area contributed by atoms with Crippen molar-refractivity contribution in [1.29, 1.82) is 0 Å². The molecule has 0 bridgehead atoms. The van der Waals surface area contributed by atoms with E-state index in [9.17, 15) is 5.11 Å². The summed E-state index contributed by atoms with van der Waals surface area (Å²) in [5.74, 6) is 0.794. The summed E-state index contributed by atoms with van der Waals surface area (Å²) < 4.78 is 0.798. The van der Waals surface area contributed by atoms with Crippen molar-refractivity contribution in [3.8, 4) is 0 Å². The van der Waals surface area contributed by atoms with Crippen LogP contribution in [0.1, 0.15) is 26.7 Å². The highest BCUT2D eigenvalue weighted by molar-refractivity contribution is 9.10. The van der Waals surface area contributed by atoms with Gasteiger partial charge in [0.1, 0.15) is 10.4 Å². The van der Waals surface area contributed by atoms with Crippen molar-refractivity contribution in [2.75, 3.05) is 11.9 Å². The van der Waals surface area contributed by atoms with Crippen LogP contribution in [0.25, 0.3) is 0 Å². The molecule has 0 saturated heterocycles. The summed E-state index contributed by atoms with van der Waals surface area (Å²) in [5, 5.41) is 12.7. The van der Waals surface area contributed by atoms with E-state index in [-0.39, 0.29) is 12.1 Å². The molecule has 0 fully saturated rings. The molecule has 0 amide bonds. The Hall–Kier alpha value is -0.610. The Kier molecular flexibility index (Phi) is 4.54. The van der Waals surface area contributed by atoms with Crippen LogP contribution in [0.3, 0.4) is 0 Å². The van der Waals surface area contributed by atoms with Crippen molar-refractivity contribution in [3.05, 3.63) is 22.8 Å². The second-order valence-corrected chi connectivity index (χ2v) is 4.43. The molecule has 2 N–H and O–H groups in total. The number of hydrogen-bond donors (Lipinski definition) is 2. The van der Waals surface area contributed by atoms with E-state index in [4.69, 9.17) is 0 Å². The second kappa shape index (κ2) is 5.47. The number of aromatic nitrogens is 1. The normalized spacial score (nSPS) is 11.5. The quantitative estimate of drug-likeness (QED) is 0.811. The zero-order valence-electron chi connectivity index (χ0n) is 9.13. The lowest BCUT2D eigenvalue weighted by molar-refractivity contribution is 0.202. The Morgan fingerprint density at radius 1 is 1.40 bits per heavy atom. The largest absolute Gasteiger partial charge is 0.394 e. The third kappa shape index (κ3) is 3.18. The highest BCUT2D eigenvalue weighted by atomic mass is 79.9. The lowest BCUT2D eigenvalue weighted by Gasteiger charge is -2.31. The smallest absolute Gasteiger partial charge is 0.127 e. The van der Waals surface area contributed by atoms with E-state index >= 15 is 0 Å². The number of aliphatic hydroxyl groups excluding tert-OH is 1. The Balaban J connectivity index is 2.82. The number of hydrogen-bond acceptors (Lipinski definition) is 3. The van der Waals surface area contributed by atoms with Crippen LogP contribution in [0, 0.1) is 0 Å². The summed E-state index contributed by atoms with van der Waals surface area (Å²) >= 11 is 3.32. The van der Waals surface area contributed by atoms with Gasteiger partial charge in [-0.05, 0) is 40.9 Å². The van der Waals surface area contributed by atoms with Gasteiger partial charge in [-0.2, -0.15) is 0 Å². The summed E-state index contributed by atoms with van der Waals surface area (Å²) in [6.45, 7) is 4.24. The monoisotopic (exact) mass is 272 g/mol. The molecular weight excluding hydrogens is 256 g/mol. The Morgan fingerprint density at radius 2 is 2.07 bits per heavy atom. The molecule has 0 radical (unpaired) electrons. The summed E-state index contributed by atoms with van der Waals surface area (Å²) in [6, 6.07) is 5.71. The first-order valence-corrected chi connectivity index (χ1v) is 5.96. The molecule has 4 heteroatoms. The van der Waals surface area contributed by atoms with Gasteiger partial charge < -0.3 is 10.4 Å². The standard InChI is InChI=1S/C11H17BrN2O/c1-3-11(4-2,8-15)14-10-7-5-6-9(12)13-10/h5-7,15H,3-4,8H2,1-2H3,(H,13,14). The minimum Gasteiger partial charge on any atom is -0.394 e. The van der Waals surface area contributed by atoms with Crippen LogP contribution in [0.2, 0.25) is 0 Å². The number of anilines is 1. The highest BCUT2D eigenvalue weighted by Gasteiger charge is 2.25. The van der Waals surface area contributed by atoms with Gasteiger partial charge in [0.15, 0.2) is 0 Å². The molecule has 0 aromatic carbocycles. The maximum Gasteiger partial charge on any atom is 0.127 e. The van der Waals surface area contributed by atoms with Crippen LogP contribution >= 0.6 is 15.9 Å². The molecule has 1 aromatic heterocycles. The second-order valence-electron chi connectivity index (χ2n) is 3.62. The first-order valence-electron chi connectivity index (χ1n) is 5.17. The average molecular weight is 273 g/mol. The Bertz CT molecular complexity index is 305. The summed E-state index contributed by atoms with van der Waals surface area (Å²) in [6.07, 6.45) is 1.74. The van der Waals surface area contributed by atoms with Crippen LogP contribution in [0.4, 0.5) is 5.82 Å². The fourth-order valence-electron chi connectivity index (χ4n) is 1.44. The van der Waals surface area contributed by atoms with Gasteiger partial charge in [0, 0.05) is 0 Å². The van der Waals surface area contributed by atoms with E-state index in [2.05, 4.69) is 40.1 Å². The molecule has 1 aromatic rings. The molecule has 3 nitrogen and oxygen atoms in total. The minimum atomic E-state index is -0.256. The molecule has 1 heterocycles. The van der Waals surface area contributed by atoms with Crippen LogP contribution in [-0.4, -0.2) is 22.2 Å². The van der Waals surface area contributed by atoms with Crippen molar-refractivity contribution in [2.24, 2.45) is 0 Å². The average Bonchev–Trinajstić information content (AvgIpc) is 2.26. The van der Waals surface area contributed by atoms with Gasteiger partial charge in [-0.1, -0.05) is 19.9 Å². The van der Waals surface area contributed by atoms with Gasteiger partial charge in [0.2, 0.25) is 0 Å². The van der Waals surface area contributed by atoms with Gasteiger partial charge >= 0.3 is 0 Å². The lowest BCUT2D eigenvalue weighted by atomic mass is 9.94. The Morgan fingerprint density at radius 3 is 2.53 bits per heavy atom. The zero-order chi connectivity index (χ0) is 11.3. The van der Waals surface area contributed by atoms with E-state index in [0.717, 1.165) is 23.3 Å². The number of nitrogens with one attached hydrogen (secondary N) is 1. The maximum atomic E-state index is 9.41. The third-order valence-electron chi connectivity index (χ3n) is 2.76. The first kappa shape index (κ1) is 12.5. The van der Waals surface area contributed by atoms with Gasteiger partial charge in [0.05, 0.1) is 12.1 Å². The molecule has 0 unspecified atom stereocenters. The molecule has 0 atom stereocenters. The van der Waals surface area contributed by atoms with Gasteiger partial charge in [-0.25, -0.2) is 4.98 Å². The first-order chi connectivity index (χ1) is 7.15. The van der Waals surface area contributed by atoms with E-state index in [1.165, 1.54) is 0 Å². The molecule has 84 valence electrons. The van der Waals surface area contributed by atoms with E-state index in [1.807, 2.05) is 18.2 Å². The van der Waals surface area contributed by atoms with E-state index < -0.39 is 0 Å². The molecule has 15 heavy (non-hydrogen) atoms. The van der Waals surface area contributed by atoms with Crippen molar-refractivity contribution < 1.29 is 5.11 Å². The summed E-state index contributed by atoms with van der Waals surface area (Å²) in [4.78, 5) is 4.30. The van der Waals surface area contributed by atoms with Gasteiger partial charge in [0.25, 0.3) is 0 Å². The zero-order valence-corrected chi connectivity index (χ0v) is 10.7. The topological polar surface area (TPSA) is 45.1 Å². The SMILES string of the molecule is CCC(CC)(CO)Nc1cccc(Br)n1. The summed E-state index contributed by atoms with van der Waals surface area (Å²) in [7, 11) is 0. The highest BCUT2D eigenvalue weighted by Crippen LogP contribution is 2.21. The van der Waals surface area contributed by atoms with Crippen molar-refractivity contribution in [2.45, 2.75) is 32.2 Å². The van der Waals surface area contributed by atoms with Crippen molar-refractivity contribution in [3.63, 3.8) is 0 Å². The molecule has 0 aliphatic rings. The fraction of sp³-hybridized carbons (Fsp3) is 0.545. The molecule has 0 aliphatic carbocycles. The Labute approximate surface area is 99.1 Å². The number of halogens is 1. The fourth-order valence-corrected chi connectivity index (χ4v) is 1.78. The van der Waals surface area contributed by atoms with Crippen molar-refractivity contribution >= 4 is 21.7 Å². The lowest BCUT2D eigenvalue weighted by Crippen LogP contribution is -2.41. The molecule has 0 spiro atoms. The minimum absolute atomic E-state index is 0.119. The number of nitrogens with zero attached hydrogens (tertiary/aromatic N) is 1. The van der Waals surface area contributed by atoms with Crippen LogP contribution in [0.5, 0.6) is 0 Å².